The summed E-state index contributed by atoms with van der Waals surface area (Å²) >= 11 is 0. The number of carbonyl (C=O) groups is 1. The summed E-state index contributed by atoms with van der Waals surface area (Å²) in [7, 11) is 0. The molecule has 0 radical (unpaired) electrons. The fourth-order valence-electron chi connectivity index (χ4n) is 5.07. The number of imidazole rings is 1. The first-order chi connectivity index (χ1) is 12.7. The van der Waals surface area contributed by atoms with E-state index in [1.54, 1.807) is 6.20 Å². The number of amides is 1. The van der Waals surface area contributed by atoms with Gasteiger partial charge in [0.1, 0.15) is 5.52 Å². The first-order valence-electron chi connectivity index (χ1n) is 9.64. The molecule has 2 atom stereocenters. The molecular weight excluding hydrogens is 330 g/mol. The van der Waals surface area contributed by atoms with Gasteiger partial charge in [0.25, 0.3) is 5.91 Å². The van der Waals surface area contributed by atoms with E-state index in [1.165, 1.54) is 25.7 Å². The zero-order valence-electron chi connectivity index (χ0n) is 14.9. The van der Waals surface area contributed by atoms with Crippen LogP contribution in [0.3, 0.4) is 0 Å². The van der Waals surface area contributed by atoms with Crippen LogP contribution in [-0.2, 0) is 0 Å². The third-order valence-corrected chi connectivity index (χ3v) is 6.66. The van der Waals surface area contributed by atoms with Gasteiger partial charge in [-0.3, -0.25) is 4.79 Å². The molecule has 0 unspecified atom stereocenters. The molecule has 1 amide bonds. The van der Waals surface area contributed by atoms with Crippen LogP contribution in [0.15, 0.2) is 18.6 Å². The monoisotopic (exact) mass is 355 g/mol. The minimum Gasteiger partial charge on any atom is -0.396 e. The van der Waals surface area contributed by atoms with Crippen LogP contribution in [0.1, 0.15) is 42.1 Å². The molecule has 2 aromatic heterocycles. The van der Waals surface area contributed by atoms with Gasteiger partial charge in [-0.1, -0.05) is 12.8 Å². The highest BCUT2D eigenvalue weighted by molar-refractivity contribution is 5.96. The Morgan fingerprint density at radius 2 is 2.19 bits per heavy atom. The van der Waals surface area contributed by atoms with Crippen molar-refractivity contribution in [2.24, 2.45) is 11.3 Å². The number of hydrogen-bond donors (Lipinski definition) is 2. The molecule has 2 aliphatic heterocycles. The molecule has 7 heteroatoms. The number of aliphatic hydroxyl groups excluding tert-OH is 1. The number of aromatic nitrogens is 3. The van der Waals surface area contributed by atoms with Crippen molar-refractivity contribution in [3.8, 4) is 0 Å². The fourth-order valence-corrected chi connectivity index (χ4v) is 5.07. The molecule has 4 heterocycles. The number of rotatable bonds is 3. The summed E-state index contributed by atoms with van der Waals surface area (Å²) in [6.45, 7) is 3.07. The Hall–Kier alpha value is -1.99. The van der Waals surface area contributed by atoms with E-state index in [4.69, 9.17) is 0 Å². The molecule has 5 rings (SSSR count). The summed E-state index contributed by atoms with van der Waals surface area (Å²) in [4.78, 5) is 23.9. The van der Waals surface area contributed by atoms with Gasteiger partial charge >= 0.3 is 0 Å². The Kier molecular flexibility index (Phi) is 3.76. The lowest BCUT2D eigenvalue weighted by Gasteiger charge is -2.25. The smallest absolute Gasteiger partial charge is 0.255 e. The van der Waals surface area contributed by atoms with E-state index in [0.29, 0.717) is 30.6 Å². The standard InChI is InChI=1S/C19H25N5O2/c25-11-19-9-20-7-14(19)8-23(10-19)18(26)13-5-16-17(21-6-13)24(12-22-16)15-3-1-2-4-15/h5-6,12,14-15,20,25H,1-4,7-11H2/t14-,19+/m0/s1. The van der Waals surface area contributed by atoms with Crippen molar-refractivity contribution in [1.82, 2.24) is 24.8 Å². The van der Waals surface area contributed by atoms with E-state index in [9.17, 15) is 9.90 Å². The maximum absolute atomic E-state index is 13.0. The molecule has 0 bridgehead atoms. The van der Waals surface area contributed by atoms with Gasteiger partial charge < -0.3 is 19.9 Å². The Morgan fingerprint density at radius 3 is 2.96 bits per heavy atom. The lowest BCUT2D eigenvalue weighted by Crippen LogP contribution is -2.37. The molecular formula is C19H25N5O2. The zero-order valence-corrected chi connectivity index (χ0v) is 14.9. The van der Waals surface area contributed by atoms with E-state index >= 15 is 0 Å². The zero-order chi connectivity index (χ0) is 17.7. The molecule has 138 valence electrons. The molecule has 3 aliphatic rings. The van der Waals surface area contributed by atoms with Crippen LogP contribution in [0, 0.1) is 11.3 Å². The average Bonchev–Trinajstić information content (AvgIpc) is 3.41. The third kappa shape index (κ3) is 2.37. The number of pyridine rings is 1. The van der Waals surface area contributed by atoms with Crippen LogP contribution >= 0.6 is 0 Å². The van der Waals surface area contributed by atoms with E-state index in [-0.39, 0.29) is 17.9 Å². The summed E-state index contributed by atoms with van der Waals surface area (Å²) in [5, 5.41) is 13.2. The van der Waals surface area contributed by atoms with Crippen LogP contribution in [0.2, 0.25) is 0 Å². The molecule has 2 N–H and O–H groups in total. The van der Waals surface area contributed by atoms with Gasteiger partial charge in [-0.25, -0.2) is 9.97 Å². The second kappa shape index (κ2) is 6.03. The lowest BCUT2D eigenvalue weighted by atomic mass is 9.82. The van der Waals surface area contributed by atoms with Gasteiger partial charge in [0, 0.05) is 43.8 Å². The topological polar surface area (TPSA) is 83.3 Å². The van der Waals surface area contributed by atoms with Gasteiger partial charge in [0.05, 0.1) is 18.5 Å². The normalized spacial score (nSPS) is 29.0. The van der Waals surface area contributed by atoms with Crippen molar-refractivity contribution in [2.75, 3.05) is 32.8 Å². The first kappa shape index (κ1) is 16.2. The Labute approximate surface area is 152 Å². The highest BCUT2D eigenvalue weighted by atomic mass is 16.3. The number of fused-ring (bicyclic) bond motifs is 2. The molecule has 1 saturated carbocycles. The average molecular weight is 355 g/mol. The van der Waals surface area contributed by atoms with Crippen molar-refractivity contribution in [3.63, 3.8) is 0 Å². The quantitative estimate of drug-likeness (QED) is 0.864. The summed E-state index contributed by atoms with van der Waals surface area (Å²) in [6.07, 6.45) is 8.45. The summed E-state index contributed by atoms with van der Waals surface area (Å²) < 4.78 is 2.17. The predicted octanol–water partition coefficient (Wildman–Crippen LogP) is 1.20. The molecule has 0 aromatic carbocycles. The first-order valence-corrected chi connectivity index (χ1v) is 9.64. The van der Waals surface area contributed by atoms with E-state index in [0.717, 1.165) is 24.3 Å². The second-order valence-electron chi connectivity index (χ2n) is 8.19. The molecule has 26 heavy (non-hydrogen) atoms. The van der Waals surface area contributed by atoms with E-state index in [2.05, 4.69) is 19.9 Å². The number of carbonyl (C=O) groups excluding carboxylic acids is 1. The van der Waals surface area contributed by atoms with Gasteiger partial charge in [0.2, 0.25) is 0 Å². The van der Waals surface area contributed by atoms with Gasteiger partial charge in [-0.05, 0) is 24.8 Å². The molecule has 0 spiro atoms. The molecule has 2 saturated heterocycles. The lowest BCUT2D eigenvalue weighted by molar-refractivity contribution is 0.0745. The maximum Gasteiger partial charge on any atom is 0.255 e. The van der Waals surface area contributed by atoms with Crippen LogP contribution in [-0.4, -0.2) is 63.2 Å². The number of hydrogen-bond acceptors (Lipinski definition) is 5. The van der Waals surface area contributed by atoms with Gasteiger partial charge in [0.15, 0.2) is 5.65 Å². The number of likely N-dealkylation sites (tertiary alicyclic amines) is 1. The molecule has 3 fully saturated rings. The number of aliphatic hydroxyl groups is 1. The van der Waals surface area contributed by atoms with Gasteiger partial charge in [-0.2, -0.15) is 0 Å². The van der Waals surface area contributed by atoms with Crippen molar-refractivity contribution in [2.45, 2.75) is 31.7 Å². The minimum absolute atomic E-state index is 0.00274. The summed E-state index contributed by atoms with van der Waals surface area (Å²) in [6, 6.07) is 2.36. The predicted molar refractivity (Wildman–Crippen MR) is 96.8 cm³/mol. The second-order valence-corrected chi connectivity index (χ2v) is 8.19. The Bertz CT molecular complexity index is 844. The van der Waals surface area contributed by atoms with Crippen LogP contribution in [0.5, 0.6) is 0 Å². The minimum atomic E-state index is -0.183. The summed E-state index contributed by atoms with van der Waals surface area (Å²) in [5.74, 6) is 0.326. The number of nitrogens with one attached hydrogen (secondary N) is 1. The van der Waals surface area contributed by atoms with Crippen molar-refractivity contribution in [3.05, 3.63) is 24.2 Å². The summed E-state index contributed by atoms with van der Waals surface area (Å²) in [5.41, 5.74) is 2.08. The van der Waals surface area contributed by atoms with Crippen LogP contribution in [0.25, 0.3) is 11.2 Å². The SMILES string of the molecule is O=C(c1cnc2c(c1)ncn2C1CCCC1)N1C[C@@H]2CNC[C@]2(CO)C1. The van der Waals surface area contributed by atoms with Crippen molar-refractivity contribution >= 4 is 17.1 Å². The number of nitrogens with zero attached hydrogens (tertiary/aromatic N) is 4. The highest BCUT2D eigenvalue weighted by Gasteiger charge is 2.50. The van der Waals surface area contributed by atoms with Crippen LogP contribution in [0.4, 0.5) is 0 Å². The maximum atomic E-state index is 13.0. The van der Waals surface area contributed by atoms with E-state index in [1.807, 2.05) is 17.3 Å². The van der Waals surface area contributed by atoms with Crippen molar-refractivity contribution < 1.29 is 9.90 Å². The molecule has 1 aliphatic carbocycles. The third-order valence-electron chi connectivity index (χ3n) is 6.66. The fraction of sp³-hybridized carbons (Fsp3) is 0.632. The van der Waals surface area contributed by atoms with E-state index < -0.39 is 0 Å². The highest BCUT2D eigenvalue weighted by Crippen LogP contribution is 2.39. The molecule has 2 aromatic rings. The van der Waals surface area contributed by atoms with Crippen molar-refractivity contribution in [1.29, 1.82) is 0 Å². The Morgan fingerprint density at radius 1 is 1.35 bits per heavy atom. The van der Waals surface area contributed by atoms with Gasteiger partial charge in [-0.15, -0.1) is 0 Å². The van der Waals surface area contributed by atoms with Crippen LogP contribution < -0.4 is 5.32 Å². The Balaban J connectivity index is 1.40. The molecule has 7 nitrogen and oxygen atoms in total. The largest absolute Gasteiger partial charge is 0.396 e.